The fraction of sp³-hybridized carbons (Fsp3) is 0.364. The van der Waals surface area contributed by atoms with Crippen LogP contribution in [0.4, 0.5) is 0 Å². The molecule has 0 aliphatic carbocycles. The molecular weight excluding hydrogens is 162 g/mol. The molecule has 0 spiro atoms. The number of carbonyl (C=O) groups excluding carboxylic acids is 1. The van der Waals surface area contributed by atoms with E-state index in [0.29, 0.717) is 0 Å². The Labute approximate surface area is 78.3 Å². The van der Waals surface area contributed by atoms with Crippen molar-refractivity contribution in [1.82, 2.24) is 0 Å². The van der Waals surface area contributed by atoms with E-state index in [4.69, 9.17) is 0 Å². The Balaban J connectivity index is 2.68. The molecule has 0 heterocycles. The summed E-state index contributed by atoms with van der Waals surface area (Å²) in [7, 11) is 0. The highest BCUT2D eigenvalue weighted by Gasteiger charge is 2.00. The average Bonchev–Trinajstić information content (AvgIpc) is 2.04. The molecule has 0 saturated heterocycles. The molecule has 0 aliphatic rings. The molecule has 0 saturated carbocycles. The summed E-state index contributed by atoms with van der Waals surface area (Å²) in [4.78, 5) is 13.6. The lowest BCUT2D eigenvalue weighted by molar-refractivity contribution is 0.558. The maximum Gasteiger partial charge on any atom is 0.235 e. The summed E-state index contributed by atoms with van der Waals surface area (Å²) in [6, 6.07) is 8.25. The van der Waals surface area contributed by atoms with Gasteiger partial charge >= 0.3 is 0 Å². The Morgan fingerprint density at radius 1 is 1.54 bits per heavy atom. The Hall–Kier alpha value is -1.40. The average molecular weight is 175 g/mol. The number of benzene rings is 1. The summed E-state index contributed by atoms with van der Waals surface area (Å²) < 4.78 is 0. The van der Waals surface area contributed by atoms with Crippen molar-refractivity contribution in [3.63, 3.8) is 0 Å². The lowest BCUT2D eigenvalue weighted by Gasteiger charge is -2.04. The van der Waals surface area contributed by atoms with Gasteiger partial charge in [0, 0.05) is 0 Å². The molecule has 0 bridgehead atoms. The second-order valence-electron chi connectivity index (χ2n) is 3.26. The van der Waals surface area contributed by atoms with Gasteiger partial charge in [0.25, 0.3) is 0 Å². The van der Waals surface area contributed by atoms with Crippen molar-refractivity contribution in [2.24, 2.45) is 4.99 Å². The van der Waals surface area contributed by atoms with E-state index < -0.39 is 0 Å². The van der Waals surface area contributed by atoms with E-state index in [1.807, 2.05) is 19.1 Å². The predicted molar refractivity (Wildman–Crippen MR) is 52.5 cm³/mol. The Morgan fingerprint density at radius 3 is 2.92 bits per heavy atom. The zero-order valence-electron chi connectivity index (χ0n) is 7.95. The van der Waals surface area contributed by atoms with Crippen LogP contribution in [0.15, 0.2) is 29.3 Å². The predicted octanol–water partition coefficient (Wildman–Crippen LogP) is 2.26. The minimum atomic E-state index is 0.0271. The van der Waals surface area contributed by atoms with E-state index >= 15 is 0 Å². The number of hydrogen-bond donors (Lipinski definition) is 0. The maximum absolute atomic E-state index is 9.98. The monoisotopic (exact) mass is 175 g/mol. The van der Waals surface area contributed by atoms with Crippen molar-refractivity contribution in [2.45, 2.75) is 26.3 Å². The standard InChI is InChI=1S/C11H13NO/c1-9-4-3-5-11(6-9)7-10(2)12-8-13/h3-6,10H,7H2,1-2H3. The van der Waals surface area contributed by atoms with Crippen molar-refractivity contribution < 1.29 is 4.79 Å². The summed E-state index contributed by atoms with van der Waals surface area (Å²) in [6.45, 7) is 3.96. The summed E-state index contributed by atoms with van der Waals surface area (Å²) in [5, 5.41) is 0. The van der Waals surface area contributed by atoms with Crippen LogP contribution in [0, 0.1) is 6.92 Å². The van der Waals surface area contributed by atoms with Gasteiger partial charge in [-0.05, 0) is 25.8 Å². The van der Waals surface area contributed by atoms with Crippen molar-refractivity contribution in [3.05, 3.63) is 35.4 Å². The molecule has 13 heavy (non-hydrogen) atoms. The molecule has 2 heteroatoms. The lowest BCUT2D eigenvalue weighted by Crippen LogP contribution is -2.02. The van der Waals surface area contributed by atoms with Crippen molar-refractivity contribution in [2.75, 3.05) is 0 Å². The molecule has 68 valence electrons. The van der Waals surface area contributed by atoms with Crippen LogP contribution in [0.3, 0.4) is 0 Å². The summed E-state index contributed by atoms with van der Waals surface area (Å²) >= 11 is 0. The largest absolute Gasteiger partial charge is 0.235 e. The van der Waals surface area contributed by atoms with Crippen LogP contribution in [0.5, 0.6) is 0 Å². The molecule has 1 aromatic rings. The van der Waals surface area contributed by atoms with Crippen LogP contribution in [-0.2, 0) is 11.2 Å². The third-order valence-electron chi connectivity index (χ3n) is 1.89. The number of isocyanates is 1. The molecule has 2 nitrogen and oxygen atoms in total. The first-order chi connectivity index (χ1) is 6.22. The Kier molecular flexibility index (Phi) is 3.41. The van der Waals surface area contributed by atoms with Gasteiger partial charge in [-0.15, -0.1) is 0 Å². The van der Waals surface area contributed by atoms with Gasteiger partial charge in [-0.25, -0.2) is 9.79 Å². The molecule has 0 amide bonds. The van der Waals surface area contributed by atoms with E-state index in [9.17, 15) is 4.79 Å². The molecule has 1 atom stereocenters. The van der Waals surface area contributed by atoms with E-state index in [1.54, 1.807) is 6.08 Å². The molecule has 1 aromatic carbocycles. The van der Waals surface area contributed by atoms with Gasteiger partial charge in [0.1, 0.15) is 0 Å². The number of hydrogen-bond acceptors (Lipinski definition) is 2. The first-order valence-electron chi connectivity index (χ1n) is 4.35. The second-order valence-corrected chi connectivity index (χ2v) is 3.26. The third kappa shape index (κ3) is 3.22. The highest BCUT2D eigenvalue weighted by molar-refractivity contribution is 5.34. The van der Waals surface area contributed by atoms with Crippen LogP contribution in [0.1, 0.15) is 18.1 Å². The number of nitrogens with zero attached hydrogens (tertiary/aromatic N) is 1. The quantitative estimate of drug-likeness (QED) is 0.511. The zero-order chi connectivity index (χ0) is 9.68. The van der Waals surface area contributed by atoms with Gasteiger partial charge in [-0.1, -0.05) is 29.8 Å². The summed E-state index contributed by atoms with van der Waals surface area (Å²) in [6.07, 6.45) is 2.38. The molecule has 1 rings (SSSR count). The molecular formula is C11H13NO. The minimum Gasteiger partial charge on any atom is -0.211 e. The van der Waals surface area contributed by atoms with E-state index in [1.165, 1.54) is 11.1 Å². The van der Waals surface area contributed by atoms with Crippen molar-refractivity contribution >= 4 is 6.08 Å². The Morgan fingerprint density at radius 2 is 2.31 bits per heavy atom. The first kappa shape index (κ1) is 9.69. The van der Waals surface area contributed by atoms with Crippen molar-refractivity contribution in [1.29, 1.82) is 0 Å². The van der Waals surface area contributed by atoms with Crippen molar-refractivity contribution in [3.8, 4) is 0 Å². The van der Waals surface area contributed by atoms with Crippen LogP contribution in [-0.4, -0.2) is 12.1 Å². The van der Waals surface area contributed by atoms with Gasteiger partial charge in [0.05, 0.1) is 6.04 Å². The normalized spacial score (nSPS) is 11.8. The van der Waals surface area contributed by atoms with Gasteiger partial charge in [0.2, 0.25) is 6.08 Å². The van der Waals surface area contributed by atoms with Crippen LogP contribution >= 0.6 is 0 Å². The van der Waals surface area contributed by atoms with E-state index in [0.717, 1.165) is 6.42 Å². The highest BCUT2D eigenvalue weighted by Crippen LogP contribution is 2.07. The molecule has 0 radical (unpaired) electrons. The first-order valence-corrected chi connectivity index (χ1v) is 4.35. The SMILES string of the molecule is Cc1cccc(CC(C)N=C=O)c1. The molecule has 1 unspecified atom stereocenters. The van der Waals surface area contributed by atoms with Gasteiger partial charge in [0.15, 0.2) is 0 Å². The second kappa shape index (κ2) is 4.58. The van der Waals surface area contributed by atoms with Crippen LogP contribution in [0.2, 0.25) is 0 Å². The van der Waals surface area contributed by atoms with Crippen LogP contribution in [0.25, 0.3) is 0 Å². The molecule has 0 fully saturated rings. The maximum atomic E-state index is 9.98. The van der Waals surface area contributed by atoms with Gasteiger partial charge in [-0.2, -0.15) is 0 Å². The topological polar surface area (TPSA) is 29.4 Å². The zero-order valence-corrected chi connectivity index (χ0v) is 7.95. The third-order valence-corrected chi connectivity index (χ3v) is 1.89. The molecule has 0 aliphatic heterocycles. The summed E-state index contributed by atoms with van der Waals surface area (Å²) in [5.41, 5.74) is 2.45. The molecule has 0 N–H and O–H groups in total. The summed E-state index contributed by atoms with van der Waals surface area (Å²) in [5.74, 6) is 0. The Bertz CT molecular complexity index is 327. The van der Waals surface area contributed by atoms with Gasteiger partial charge < -0.3 is 0 Å². The lowest BCUT2D eigenvalue weighted by atomic mass is 10.1. The van der Waals surface area contributed by atoms with E-state index in [-0.39, 0.29) is 6.04 Å². The minimum absolute atomic E-state index is 0.0271. The smallest absolute Gasteiger partial charge is 0.211 e. The van der Waals surface area contributed by atoms with Gasteiger partial charge in [-0.3, -0.25) is 0 Å². The highest BCUT2D eigenvalue weighted by atomic mass is 16.1. The fourth-order valence-corrected chi connectivity index (χ4v) is 1.32. The fourth-order valence-electron chi connectivity index (χ4n) is 1.32. The van der Waals surface area contributed by atoms with E-state index in [2.05, 4.69) is 24.0 Å². The molecule has 0 aromatic heterocycles. The van der Waals surface area contributed by atoms with Crippen LogP contribution < -0.4 is 0 Å². The number of aliphatic imine (C=N–C) groups is 1. The number of aryl methyl sites for hydroxylation is 1. The number of rotatable bonds is 3.